The molecule has 5 rings (SSSR count). The third-order valence-electron chi connectivity index (χ3n) is 8.68. The third kappa shape index (κ3) is 6.11. The van der Waals surface area contributed by atoms with E-state index in [2.05, 4.69) is 98.9 Å². The molecule has 0 spiro atoms. The largest absolute Gasteiger partial charge is 0.242 e. The van der Waals surface area contributed by atoms with Gasteiger partial charge in [0.05, 0.1) is 10.8 Å². The van der Waals surface area contributed by atoms with Crippen molar-refractivity contribution in [1.82, 2.24) is 4.31 Å². The topological polar surface area (TPSA) is 20.3 Å². The molecule has 0 saturated heterocycles. The standard InChI is InChI=1S/C34H46NOPS/c1-34(2,3)38(36)35(4)33(28-24-23-26-15-11-12-16-27(26)25-28)31-21-13-14-22-32(31)37(29-17-7-5-8-18-29)30-19-9-6-10-20-30/h11-16,21-25,29-30,33H,5-10,17-20H2,1-4H3/t33-,38-/m1/s1. The zero-order valence-corrected chi connectivity index (χ0v) is 25.6. The van der Waals surface area contributed by atoms with Gasteiger partial charge in [0.1, 0.15) is 11.0 Å². The Hall–Kier alpha value is -1.54. The SMILES string of the molecule is CN([C@H](c1ccc2ccccc2c1)c1ccccc1P(C1CCCCC1)C1CCCCC1)[S@](=O)C(C)(C)C. The molecule has 0 aromatic heterocycles. The molecule has 204 valence electrons. The Labute approximate surface area is 234 Å². The highest BCUT2D eigenvalue weighted by Gasteiger charge is 2.37. The van der Waals surface area contributed by atoms with Crippen LogP contribution in [0.2, 0.25) is 0 Å². The van der Waals surface area contributed by atoms with E-state index in [-0.39, 0.29) is 18.7 Å². The van der Waals surface area contributed by atoms with Crippen LogP contribution >= 0.6 is 7.92 Å². The summed E-state index contributed by atoms with van der Waals surface area (Å²) < 4.78 is 15.8. The maximum atomic E-state index is 13.9. The molecule has 0 aliphatic heterocycles. The maximum absolute atomic E-state index is 13.9. The van der Waals surface area contributed by atoms with E-state index in [9.17, 15) is 4.21 Å². The second kappa shape index (κ2) is 12.3. The lowest BCUT2D eigenvalue weighted by atomic mass is 9.96. The first-order valence-corrected chi connectivity index (χ1v) is 17.4. The van der Waals surface area contributed by atoms with Crippen LogP contribution in [0.5, 0.6) is 0 Å². The van der Waals surface area contributed by atoms with Crippen LogP contribution in [0.3, 0.4) is 0 Å². The van der Waals surface area contributed by atoms with Gasteiger partial charge in [0.15, 0.2) is 0 Å². The van der Waals surface area contributed by atoms with Gasteiger partial charge < -0.3 is 0 Å². The lowest BCUT2D eigenvalue weighted by molar-refractivity contribution is 0.441. The molecular weight excluding hydrogens is 501 g/mol. The van der Waals surface area contributed by atoms with Crippen LogP contribution in [0.25, 0.3) is 10.8 Å². The first kappa shape index (κ1) is 28.0. The van der Waals surface area contributed by atoms with E-state index in [1.807, 2.05) is 0 Å². The Morgan fingerprint density at radius 3 is 1.92 bits per heavy atom. The van der Waals surface area contributed by atoms with Gasteiger partial charge in [-0.25, -0.2) is 8.51 Å². The van der Waals surface area contributed by atoms with E-state index in [4.69, 9.17) is 0 Å². The average molecular weight is 548 g/mol. The first-order valence-electron chi connectivity index (χ1n) is 14.9. The molecule has 3 aromatic carbocycles. The molecule has 2 fully saturated rings. The lowest BCUT2D eigenvalue weighted by Crippen LogP contribution is -2.39. The highest BCUT2D eigenvalue weighted by atomic mass is 32.2. The molecule has 0 heterocycles. The van der Waals surface area contributed by atoms with Crippen molar-refractivity contribution in [3.05, 3.63) is 77.9 Å². The third-order valence-corrected chi connectivity index (χ3v) is 14.0. The second-order valence-electron chi connectivity index (χ2n) is 12.5. The fourth-order valence-electron chi connectivity index (χ4n) is 6.85. The molecular formula is C34H46NOPS. The van der Waals surface area contributed by atoms with Crippen molar-refractivity contribution >= 4 is 35.0 Å². The molecule has 2 nitrogen and oxygen atoms in total. The van der Waals surface area contributed by atoms with E-state index in [0.717, 1.165) is 11.3 Å². The summed E-state index contributed by atoms with van der Waals surface area (Å²) >= 11 is 0. The van der Waals surface area contributed by atoms with Crippen LogP contribution in [-0.4, -0.2) is 31.6 Å². The zero-order chi connectivity index (χ0) is 26.7. The number of hydrogen-bond donors (Lipinski definition) is 0. The van der Waals surface area contributed by atoms with E-state index in [0.29, 0.717) is 0 Å². The molecule has 3 aromatic rings. The van der Waals surface area contributed by atoms with Crippen molar-refractivity contribution in [2.45, 2.75) is 107 Å². The molecule has 0 amide bonds. The number of benzene rings is 3. The summed E-state index contributed by atoms with van der Waals surface area (Å²) in [4.78, 5) is 0. The summed E-state index contributed by atoms with van der Waals surface area (Å²) in [5, 5.41) is 4.11. The number of fused-ring (bicyclic) bond motifs is 1. The van der Waals surface area contributed by atoms with E-state index in [1.54, 1.807) is 5.30 Å². The van der Waals surface area contributed by atoms with Crippen LogP contribution in [0.4, 0.5) is 0 Å². The maximum Gasteiger partial charge on any atom is 0.100 e. The summed E-state index contributed by atoms with van der Waals surface area (Å²) in [6.07, 6.45) is 13.9. The molecule has 4 heteroatoms. The van der Waals surface area contributed by atoms with Crippen LogP contribution in [0.15, 0.2) is 66.7 Å². The van der Waals surface area contributed by atoms with Crippen LogP contribution in [0.1, 0.15) is 102 Å². The molecule has 0 radical (unpaired) electrons. The quantitative estimate of drug-likeness (QED) is 0.270. The van der Waals surface area contributed by atoms with Gasteiger partial charge in [-0.15, -0.1) is 0 Å². The Bertz CT molecular complexity index is 1220. The summed E-state index contributed by atoms with van der Waals surface area (Å²) in [5.74, 6) is 0. The van der Waals surface area contributed by atoms with Gasteiger partial charge in [-0.05, 0) is 91.0 Å². The van der Waals surface area contributed by atoms with Gasteiger partial charge in [-0.1, -0.05) is 107 Å². The Morgan fingerprint density at radius 1 is 0.763 bits per heavy atom. The molecule has 2 aliphatic carbocycles. The van der Waals surface area contributed by atoms with E-state index < -0.39 is 11.0 Å². The zero-order valence-electron chi connectivity index (χ0n) is 23.9. The molecule has 2 atom stereocenters. The smallest absolute Gasteiger partial charge is 0.100 e. The van der Waals surface area contributed by atoms with Gasteiger partial charge in [-0.3, -0.25) is 0 Å². The normalized spacial score (nSPS) is 19.7. The minimum atomic E-state index is -1.14. The predicted octanol–water partition coefficient (Wildman–Crippen LogP) is 9.10. The first-order chi connectivity index (χ1) is 18.3. The van der Waals surface area contributed by atoms with Gasteiger partial charge in [0, 0.05) is 7.05 Å². The Balaban J connectivity index is 1.66. The van der Waals surface area contributed by atoms with Crippen LogP contribution in [0, 0.1) is 0 Å². The molecule has 2 saturated carbocycles. The Morgan fingerprint density at radius 2 is 1.32 bits per heavy atom. The monoisotopic (exact) mass is 547 g/mol. The van der Waals surface area contributed by atoms with Crippen molar-refractivity contribution in [3.63, 3.8) is 0 Å². The molecule has 38 heavy (non-hydrogen) atoms. The van der Waals surface area contributed by atoms with Crippen molar-refractivity contribution in [1.29, 1.82) is 0 Å². The van der Waals surface area contributed by atoms with E-state index in [1.165, 1.54) is 86.1 Å². The minimum absolute atomic E-state index is 0.0342. The molecule has 0 bridgehead atoms. The lowest BCUT2D eigenvalue weighted by Gasteiger charge is -2.41. The minimum Gasteiger partial charge on any atom is -0.242 e. The molecule has 0 N–H and O–H groups in total. The van der Waals surface area contributed by atoms with Crippen LogP contribution < -0.4 is 5.30 Å². The van der Waals surface area contributed by atoms with Gasteiger partial charge in [0.2, 0.25) is 0 Å². The van der Waals surface area contributed by atoms with Gasteiger partial charge >= 0.3 is 0 Å². The van der Waals surface area contributed by atoms with E-state index >= 15 is 0 Å². The van der Waals surface area contributed by atoms with Gasteiger partial charge in [0.25, 0.3) is 0 Å². The van der Waals surface area contributed by atoms with Crippen molar-refractivity contribution in [3.8, 4) is 0 Å². The summed E-state index contributed by atoms with van der Waals surface area (Å²) in [7, 11) is 0.680. The number of nitrogens with zero attached hydrogens (tertiary/aromatic N) is 1. The van der Waals surface area contributed by atoms with Crippen LogP contribution in [-0.2, 0) is 11.0 Å². The van der Waals surface area contributed by atoms with Crippen molar-refractivity contribution in [2.24, 2.45) is 0 Å². The van der Waals surface area contributed by atoms with Crippen molar-refractivity contribution < 1.29 is 4.21 Å². The predicted molar refractivity (Wildman–Crippen MR) is 168 cm³/mol. The second-order valence-corrected chi connectivity index (χ2v) is 17.5. The highest BCUT2D eigenvalue weighted by Crippen LogP contribution is 2.56. The van der Waals surface area contributed by atoms with Gasteiger partial charge in [-0.2, -0.15) is 0 Å². The average Bonchev–Trinajstić information content (AvgIpc) is 2.94. The molecule has 2 aliphatic rings. The molecule has 0 unspecified atom stereocenters. The summed E-state index contributed by atoms with van der Waals surface area (Å²) in [5.41, 5.74) is 4.31. The summed E-state index contributed by atoms with van der Waals surface area (Å²) in [6.45, 7) is 6.29. The number of hydrogen-bond acceptors (Lipinski definition) is 1. The fourth-order valence-corrected chi connectivity index (χ4v) is 12.1. The number of rotatable bonds is 7. The fraction of sp³-hybridized carbons (Fsp3) is 0.529. The van der Waals surface area contributed by atoms with Crippen molar-refractivity contribution in [2.75, 3.05) is 7.05 Å². The Kier molecular flexibility index (Phi) is 9.08. The highest BCUT2D eigenvalue weighted by molar-refractivity contribution is 7.84. The summed E-state index contributed by atoms with van der Waals surface area (Å²) in [6, 6.07) is 24.8.